The van der Waals surface area contributed by atoms with Gasteiger partial charge in [0.2, 0.25) is 11.6 Å². The predicted octanol–water partition coefficient (Wildman–Crippen LogP) is 1.13. The smallest absolute Gasteiger partial charge is 0.273 e. The topological polar surface area (TPSA) is 76.7 Å². The van der Waals surface area contributed by atoms with Crippen LogP contribution in [0.1, 0.15) is 33.6 Å². The molecule has 2 aliphatic rings. The van der Waals surface area contributed by atoms with E-state index in [1.807, 2.05) is 0 Å². The number of nitrogens with one attached hydrogen (secondary N) is 2. The van der Waals surface area contributed by atoms with Gasteiger partial charge in [-0.05, 0) is 24.6 Å². The average Bonchev–Trinajstić information content (AvgIpc) is 2.75. The summed E-state index contributed by atoms with van der Waals surface area (Å²) in [6, 6.07) is 0. The Morgan fingerprint density at radius 3 is 2.67 bits per heavy atom. The first-order valence-corrected chi connectivity index (χ1v) is 10.4. The molecule has 2 aliphatic heterocycles. The summed E-state index contributed by atoms with van der Waals surface area (Å²) in [4.78, 5) is 23.5. The van der Waals surface area contributed by atoms with E-state index in [-0.39, 0.29) is 29.5 Å². The molecule has 0 bridgehead atoms. The molecule has 0 saturated carbocycles. The number of carbonyl (C=O) groups excluding carboxylic acids is 2. The molecule has 2 rings (SSSR count). The van der Waals surface area contributed by atoms with E-state index in [2.05, 4.69) is 44.5 Å². The molecule has 1 unspecified atom stereocenters. The summed E-state index contributed by atoms with van der Waals surface area (Å²) in [5, 5.41) is 5.39. The number of rotatable bonds is 3. The van der Waals surface area contributed by atoms with E-state index in [9.17, 15) is 9.59 Å². The van der Waals surface area contributed by atoms with Gasteiger partial charge in [0.25, 0.3) is 5.91 Å². The van der Waals surface area contributed by atoms with Crippen LogP contribution in [0.5, 0.6) is 0 Å². The third-order valence-corrected chi connectivity index (χ3v) is 9.24. The Morgan fingerprint density at radius 2 is 2.05 bits per heavy atom. The van der Waals surface area contributed by atoms with Crippen LogP contribution in [0.2, 0.25) is 18.1 Å². The van der Waals surface area contributed by atoms with Gasteiger partial charge in [-0.3, -0.25) is 9.59 Å². The quantitative estimate of drug-likeness (QED) is 0.766. The lowest BCUT2D eigenvalue weighted by molar-refractivity contribution is -0.162. The molecule has 2 N–H and O–H groups in total. The number of ether oxygens (including phenoxy) is 1. The molecular weight excluding hydrogens is 288 g/mol. The van der Waals surface area contributed by atoms with Crippen LogP contribution in [0.4, 0.5) is 0 Å². The van der Waals surface area contributed by atoms with Gasteiger partial charge in [0.15, 0.2) is 8.32 Å². The number of amides is 2. The Balaban J connectivity index is 1.94. The van der Waals surface area contributed by atoms with Gasteiger partial charge < -0.3 is 19.8 Å². The SMILES string of the molecule is CC(C)(C)[Si](C)(C)OC[C@@H]1CCC2(NC(=O)CNC2=O)O1. The van der Waals surface area contributed by atoms with Crippen molar-refractivity contribution in [3.8, 4) is 0 Å². The highest BCUT2D eigenvalue weighted by atomic mass is 28.4. The Hall–Kier alpha value is -0.923. The third-order valence-electron chi connectivity index (χ3n) is 4.74. The summed E-state index contributed by atoms with van der Waals surface area (Å²) in [6.45, 7) is 11.4. The fourth-order valence-electron chi connectivity index (χ4n) is 2.29. The molecule has 6 nitrogen and oxygen atoms in total. The van der Waals surface area contributed by atoms with Gasteiger partial charge in [-0.2, -0.15) is 0 Å². The molecule has 7 heteroatoms. The van der Waals surface area contributed by atoms with E-state index in [1.165, 1.54) is 0 Å². The number of hydrogen-bond acceptors (Lipinski definition) is 4. The molecule has 0 radical (unpaired) electrons. The molecule has 120 valence electrons. The van der Waals surface area contributed by atoms with Crippen molar-refractivity contribution in [2.75, 3.05) is 13.2 Å². The lowest BCUT2D eigenvalue weighted by Gasteiger charge is -2.37. The van der Waals surface area contributed by atoms with Gasteiger partial charge in [0.1, 0.15) is 0 Å². The van der Waals surface area contributed by atoms with Gasteiger partial charge in [0.05, 0.1) is 19.3 Å². The molecule has 2 saturated heterocycles. The Labute approximate surface area is 127 Å². The zero-order valence-corrected chi connectivity index (χ0v) is 14.5. The third kappa shape index (κ3) is 3.30. The van der Waals surface area contributed by atoms with Gasteiger partial charge >= 0.3 is 0 Å². The second kappa shape index (κ2) is 5.37. The van der Waals surface area contributed by atoms with E-state index in [0.717, 1.165) is 0 Å². The fraction of sp³-hybridized carbons (Fsp3) is 0.857. The first-order chi connectivity index (χ1) is 9.56. The summed E-state index contributed by atoms with van der Waals surface area (Å²) in [5.41, 5.74) is -1.18. The summed E-state index contributed by atoms with van der Waals surface area (Å²) < 4.78 is 12.0. The Kier molecular flexibility index (Phi) is 4.20. The molecule has 2 amide bonds. The molecule has 0 aliphatic carbocycles. The lowest BCUT2D eigenvalue weighted by atomic mass is 10.1. The largest absolute Gasteiger partial charge is 0.414 e. The Morgan fingerprint density at radius 1 is 1.38 bits per heavy atom. The summed E-state index contributed by atoms with van der Waals surface area (Å²) >= 11 is 0. The standard InChI is InChI=1S/C14H26N2O4Si/c1-13(2,3)21(4,5)19-9-10-6-7-14(20-10)12(18)15-8-11(17)16-14/h10H,6-9H2,1-5H3,(H,15,18)(H,16,17)/t10-,14?/m0/s1. The summed E-state index contributed by atoms with van der Waals surface area (Å²) in [6.07, 6.45) is 1.06. The number of piperazine rings is 1. The zero-order chi connectivity index (χ0) is 15.9. The van der Waals surface area contributed by atoms with Crippen LogP contribution in [0, 0.1) is 0 Å². The van der Waals surface area contributed by atoms with Crippen molar-refractivity contribution in [2.24, 2.45) is 0 Å². The second-order valence-electron chi connectivity index (χ2n) is 7.41. The number of carbonyl (C=O) groups is 2. The molecule has 0 aromatic heterocycles. The Bertz CT molecular complexity index is 447. The molecular formula is C14H26N2O4Si. The summed E-state index contributed by atoms with van der Waals surface area (Å²) in [5.74, 6) is -0.461. The molecule has 0 aromatic rings. The van der Waals surface area contributed by atoms with Crippen LogP contribution in [0.3, 0.4) is 0 Å². The van der Waals surface area contributed by atoms with Crippen LogP contribution >= 0.6 is 0 Å². The van der Waals surface area contributed by atoms with Crippen molar-refractivity contribution in [1.82, 2.24) is 10.6 Å². The van der Waals surface area contributed by atoms with Crippen molar-refractivity contribution in [2.45, 2.75) is 63.6 Å². The van der Waals surface area contributed by atoms with Crippen molar-refractivity contribution >= 4 is 20.1 Å². The molecule has 2 heterocycles. The highest BCUT2D eigenvalue weighted by molar-refractivity contribution is 6.74. The maximum Gasteiger partial charge on any atom is 0.273 e. The van der Waals surface area contributed by atoms with Crippen LogP contribution in [0.15, 0.2) is 0 Å². The molecule has 1 spiro atoms. The maximum atomic E-state index is 12.0. The van der Waals surface area contributed by atoms with Crippen molar-refractivity contribution in [3.05, 3.63) is 0 Å². The average molecular weight is 314 g/mol. The monoisotopic (exact) mass is 314 g/mol. The second-order valence-corrected chi connectivity index (χ2v) is 12.2. The number of hydrogen-bond donors (Lipinski definition) is 2. The predicted molar refractivity (Wildman–Crippen MR) is 81.1 cm³/mol. The highest BCUT2D eigenvalue weighted by Gasteiger charge is 2.50. The van der Waals surface area contributed by atoms with Crippen LogP contribution in [0.25, 0.3) is 0 Å². The van der Waals surface area contributed by atoms with Gasteiger partial charge in [-0.25, -0.2) is 0 Å². The van der Waals surface area contributed by atoms with E-state index in [4.69, 9.17) is 9.16 Å². The van der Waals surface area contributed by atoms with Crippen LogP contribution < -0.4 is 10.6 Å². The van der Waals surface area contributed by atoms with Gasteiger partial charge in [-0.15, -0.1) is 0 Å². The summed E-state index contributed by atoms with van der Waals surface area (Å²) in [7, 11) is -1.83. The zero-order valence-electron chi connectivity index (χ0n) is 13.5. The fourth-order valence-corrected chi connectivity index (χ4v) is 3.33. The van der Waals surface area contributed by atoms with E-state index in [0.29, 0.717) is 19.4 Å². The van der Waals surface area contributed by atoms with Gasteiger partial charge in [-0.1, -0.05) is 20.8 Å². The van der Waals surface area contributed by atoms with Crippen molar-refractivity contribution in [1.29, 1.82) is 0 Å². The first kappa shape index (κ1) is 16.4. The van der Waals surface area contributed by atoms with E-state index >= 15 is 0 Å². The molecule has 21 heavy (non-hydrogen) atoms. The maximum absolute atomic E-state index is 12.0. The van der Waals surface area contributed by atoms with Crippen molar-refractivity contribution < 1.29 is 18.8 Å². The normalized spacial score (nSPS) is 30.4. The minimum Gasteiger partial charge on any atom is -0.414 e. The molecule has 0 aromatic carbocycles. The first-order valence-electron chi connectivity index (χ1n) is 7.47. The van der Waals surface area contributed by atoms with Crippen LogP contribution in [-0.4, -0.2) is 45.1 Å². The van der Waals surface area contributed by atoms with E-state index < -0.39 is 14.0 Å². The molecule has 2 atom stereocenters. The van der Waals surface area contributed by atoms with E-state index in [1.54, 1.807) is 0 Å². The van der Waals surface area contributed by atoms with Crippen LogP contribution in [-0.2, 0) is 18.8 Å². The minimum absolute atomic E-state index is 0.0229. The molecule has 2 fully saturated rings. The van der Waals surface area contributed by atoms with Crippen molar-refractivity contribution in [3.63, 3.8) is 0 Å². The minimum atomic E-state index is -1.83. The highest BCUT2D eigenvalue weighted by Crippen LogP contribution is 2.37. The van der Waals surface area contributed by atoms with Gasteiger partial charge in [0, 0.05) is 6.42 Å². The lowest BCUT2D eigenvalue weighted by Crippen LogP contribution is -2.65.